The number of aliphatic hydroxyl groups excluding tert-OH is 3. The molecule has 0 unspecified atom stereocenters. The predicted molar refractivity (Wildman–Crippen MR) is 559 cm³/mol. The van der Waals surface area contributed by atoms with Crippen LogP contribution in [0.2, 0.25) is 19.6 Å². The summed E-state index contributed by atoms with van der Waals surface area (Å²) in [6, 6.07) is 63.4. The molecule has 6 heterocycles. The van der Waals surface area contributed by atoms with Crippen molar-refractivity contribution >= 4 is 158 Å². The second-order valence-electron chi connectivity index (χ2n) is 43.3. The van der Waals surface area contributed by atoms with E-state index in [4.69, 9.17) is 15.0 Å². The summed E-state index contributed by atoms with van der Waals surface area (Å²) in [7, 11) is -1.40. The van der Waals surface area contributed by atoms with Gasteiger partial charge in [0.15, 0.2) is 17.3 Å². The van der Waals surface area contributed by atoms with Gasteiger partial charge < -0.3 is 15.3 Å². The van der Waals surface area contributed by atoms with Gasteiger partial charge in [0.05, 0.1) is 24.6 Å². The largest absolute Gasteiger partial charge is 0.512 e. The number of carbonyl (C=O) groups is 3. The van der Waals surface area contributed by atoms with E-state index < -0.39 is 24.3 Å². The summed E-state index contributed by atoms with van der Waals surface area (Å²) in [5.74, 6) is 3.11. The van der Waals surface area contributed by atoms with Gasteiger partial charge >= 0.3 is 0 Å². The van der Waals surface area contributed by atoms with Gasteiger partial charge in [-0.25, -0.2) is 15.0 Å². The van der Waals surface area contributed by atoms with Crippen LogP contribution in [0.25, 0.3) is 127 Å². The van der Waals surface area contributed by atoms with Gasteiger partial charge in [-0.3, -0.25) is 29.3 Å². The fourth-order valence-corrected chi connectivity index (χ4v) is 20.9. The monoisotopic (exact) mass is 2390 g/mol. The number of hydrogen-bond donors (Lipinski definition) is 3. The Hall–Kier alpha value is -8.55. The minimum Gasteiger partial charge on any atom is -0.512 e. The van der Waals surface area contributed by atoms with Crippen LogP contribution in [0.3, 0.4) is 0 Å². The number of hydrogen-bond acceptors (Lipinski definition) is 15. The topological polar surface area (TPSA) is 189 Å². The summed E-state index contributed by atoms with van der Waals surface area (Å²) in [5, 5.41) is 41.3. The van der Waals surface area contributed by atoms with Gasteiger partial charge in [0.25, 0.3) is 0 Å². The zero-order valence-electron chi connectivity index (χ0n) is 83.2. The number of allylic oxidation sites excluding steroid dienone is 6. The van der Waals surface area contributed by atoms with E-state index in [1.165, 1.54) is 137 Å². The summed E-state index contributed by atoms with van der Waals surface area (Å²) in [5.41, 5.74) is 14.0. The second kappa shape index (κ2) is 44.7. The molecule has 0 saturated heterocycles. The van der Waals surface area contributed by atoms with E-state index in [1.807, 2.05) is 177 Å². The smallest absolute Gasteiger partial charge is 0.164 e. The van der Waals surface area contributed by atoms with E-state index in [-0.39, 0.29) is 111 Å². The van der Waals surface area contributed by atoms with Crippen molar-refractivity contribution in [3.8, 4) is 33.8 Å². The van der Waals surface area contributed by atoms with Gasteiger partial charge in [-0.15, -0.1) is 71.3 Å². The van der Waals surface area contributed by atoms with Crippen LogP contribution in [-0.4, -0.2) is 70.6 Å². The maximum atomic E-state index is 11.5. The Morgan fingerprint density at radius 2 is 0.677 bits per heavy atom. The molecule has 1 fully saturated rings. The van der Waals surface area contributed by atoms with Crippen LogP contribution >= 0.6 is 34.0 Å². The van der Waals surface area contributed by atoms with Gasteiger partial charge in [0, 0.05) is 142 Å². The quantitative estimate of drug-likeness (QED) is 0.0429. The van der Waals surface area contributed by atoms with Crippen molar-refractivity contribution in [1.29, 1.82) is 0 Å². The molecule has 0 aliphatic heterocycles. The molecule has 9 aromatic carbocycles. The van der Waals surface area contributed by atoms with E-state index in [9.17, 15) is 29.7 Å². The first kappa shape index (κ1) is 110. The second-order valence-corrected chi connectivity index (χ2v) is 51.4. The Bertz CT molecular complexity index is 6650. The molecule has 1 saturated carbocycles. The fourth-order valence-electron chi connectivity index (χ4n) is 15.3. The van der Waals surface area contributed by atoms with Gasteiger partial charge in [0.1, 0.15) is 36.3 Å². The first-order valence-electron chi connectivity index (χ1n) is 45.9. The molecule has 15 aromatic rings. The normalized spacial score (nSPS) is 13.3. The Labute approximate surface area is 843 Å². The minimum atomic E-state index is -1.40. The van der Waals surface area contributed by atoms with E-state index in [0.717, 1.165) is 72.9 Å². The summed E-state index contributed by atoms with van der Waals surface area (Å²) in [6.45, 7) is 58.5. The van der Waals surface area contributed by atoms with E-state index in [2.05, 4.69) is 236 Å². The molecule has 0 bridgehead atoms. The summed E-state index contributed by atoms with van der Waals surface area (Å²) in [4.78, 5) is 62.4. The molecule has 19 heteroatoms. The molecule has 6 aromatic heterocycles. The van der Waals surface area contributed by atoms with Crippen LogP contribution in [0.1, 0.15) is 257 Å². The molecule has 16 rings (SSSR count). The molecule has 709 valence electrons. The predicted octanol–water partition coefficient (Wildman–Crippen LogP) is 32.4. The van der Waals surface area contributed by atoms with Crippen LogP contribution in [0.15, 0.2) is 200 Å². The number of aromatic nitrogens is 6. The summed E-state index contributed by atoms with van der Waals surface area (Å²) in [6.07, 6.45) is 15.5. The maximum absolute atomic E-state index is 11.5. The summed E-state index contributed by atoms with van der Waals surface area (Å²) < 4.78 is 7.92. The molecule has 0 spiro atoms. The van der Waals surface area contributed by atoms with Crippen molar-refractivity contribution in [2.45, 2.75) is 255 Å². The SMILES string of the molecule is CC(C)(C)C(=O)C=C(O)C(C)(C)C.CC(C)(C)C(=O)C=C(O)C(C)(C)C.CC(C)(C)C(=O)C=C(O)C(C)(C)C.CC(C)Cc1ccc2c(-c3[c-]ccc4c3sc3c(C(C)C)cccc34)ncnc2c1.CC(C)c1cccc2c1sc1c(-c3ncnc4cc(C5CCCC5)ccc34)[c-]ccc12.CC(C)c1cccc2c1sc1c(-c3ncnc4cc([Si](C)(C)C)ccc34)[c-]ccc12.[Ir].[Ir].[Ir]. The van der Waals surface area contributed by atoms with E-state index in [1.54, 1.807) is 19.0 Å². The molecule has 133 heavy (non-hydrogen) atoms. The number of thiophene rings is 3. The maximum Gasteiger partial charge on any atom is 0.164 e. The van der Waals surface area contributed by atoms with Crippen molar-refractivity contribution in [2.24, 2.45) is 38.4 Å². The van der Waals surface area contributed by atoms with Crippen molar-refractivity contribution in [3.05, 3.63) is 246 Å². The Kier molecular flexibility index (Phi) is 36.9. The van der Waals surface area contributed by atoms with Gasteiger partial charge in [-0.05, 0) is 141 Å². The van der Waals surface area contributed by atoms with E-state index in [0.29, 0.717) is 29.6 Å². The number of nitrogens with zero attached hydrogens (tertiary/aromatic N) is 6. The molecule has 12 nitrogen and oxygen atoms in total. The Morgan fingerprint density at radius 1 is 0.376 bits per heavy atom. The molecule has 3 N–H and O–H groups in total. The fraction of sp³-hybridized carbons (Fsp3) is 0.395. The number of benzene rings is 9. The molecule has 3 radical (unpaired) electrons. The van der Waals surface area contributed by atoms with Crippen LogP contribution < -0.4 is 5.19 Å². The molecular weight excluding hydrogens is 2250 g/mol. The molecule has 1 aliphatic rings. The van der Waals surface area contributed by atoms with Crippen molar-refractivity contribution in [1.82, 2.24) is 29.9 Å². The third kappa shape index (κ3) is 26.6. The standard InChI is InChI=1S/C28H25N2S.C27H25N2S.C26H25N2SSi.3C11H20O2.3Ir/c1-17(2)20-9-5-10-21-22-11-6-12-24(28(22)31-27(20)21)26-23-14-13-19(18-7-3-4-8-18)15-25(23)29-16-30-26;1-16(2)13-18-11-12-22-24(14-18)28-15-29-25(22)23-10-6-9-21-20-8-5-7-19(17(3)4)26(20)30-27(21)23;1-16(2)18-8-6-9-19-20-10-7-11-22(26(20)29-25(18)19)24-21-13-12-17(30(3,4)5)14-23(21)27-15-28-24;3*1-10(2,3)8(12)7-9(13)11(4,5)6;;;/h5-6,9-11,13-18H,3-4,7-8H2,1-2H3;5-9,11-12,14-17H,13H2,1-4H3;6-10,12-16H,1-5H3;3*7,12H,1-6H3;;;/q3*-1;;;;;;. The average Bonchev–Trinajstić information content (AvgIpc) is 1.63. The number of ketones is 3. The number of aliphatic hydroxyl groups is 3. The van der Waals surface area contributed by atoms with Crippen molar-refractivity contribution < 1.29 is 90.0 Å². The van der Waals surface area contributed by atoms with Crippen molar-refractivity contribution in [3.63, 3.8) is 0 Å². The third-order valence-corrected chi connectivity index (χ3v) is 29.6. The van der Waals surface area contributed by atoms with Crippen LogP contribution in [0.4, 0.5) is 0 Å². The molecule has 1 aliphatic carbocycles. The Morgan fingerprint density at radius 3 is 0.977 bits per heavy atom. The van der Waals surface area contributed by atoms with E-state index >= 15 is 0 Å². The molecular formula is C114H135Ir3N6O6S3Si-3. The number of rotatable bonds is 13. The van der Waals surface area contributed by atoms with Crippen LogP contribution in [-0.2, 0) is 81.1 Å². The average molecular weight is 2390 g/mol. The number of carbonyl (C=O) groups excluding carboxylic acids is 3. The van der Waals surface area contributed by atoms with Gasteiger partial charge in [0.2, 0.25) is 0 Å². The zero-order chi connectivity index (χ0) is 95.4. The van der Waals surface area contributed by atoms with Crippen LogP contribution in [0, 0.1) is 56.6 Å². The van der Waals surface area contributed by atoms with Gasteiger partial charge in [-0.2, -0.15) is 34.0 Å². The number of fused-ring (bicyclic) bond motifs is 12. The zero-order valence-corrected chi connectivity index (χ0v) is 93.9. The molecule has 0 amide bonds. The van der Waals surface area contributed by atoms with Crippen molar-refractivity contribution in [2.75, 3.05) is 0 Å². The first-order chi connectivity index (χ1) is 60.7. The third-order valence-electron chi connectivity index (χ3n) is 23.7. The summed E-state index contributed by atoms with van der Waals surface area (Å²) >= 11 is 5.61. The minimum absolute atomic E-state index is 0. The van der Waals surface area contributed by atoms with Gasteiger partial charge in [-0.1, -0.05) is 325 Å². The van der Waals surface area contributed by atoms with Crippen LogP contribution in [0.5, 0.6) is 0 Å². The first-order valence-corrected chi connectivity index (χ1v) is 51.9. The molecule has 0 atom stereocenters. The Balaban J connectivity index is 0.000000204.